The first-order valence-electron chi connectivity index (χ1n) is 7.64. The van der Waals surface area contributed by atoms with Crippen LogP contribution in [-0.2, 0) is 0 Å². The van der Waals surface area contributed by atoms with Crippen molar-refractivity contribution in [1.29, 1.82) is 0 Å². The molecule has 0 fully saturated rings. The third kappa shape index (κ3) is 2.76. The van der Waals surface area contributed by atoms with E-state index in [-0.39, 0.29) is 11.3 Å². The minimum Gasteiger partial charge on any atom is -0.291 e. The van der Waals surface area contributed by atoms with Gasteiger partial charge in [0.15, 0.2) is 0 Å². The Labute approximate surface area is 153 Å². The molecule has 0 N–H and O–H groups in total. The number of carbonyl (C=O) groups is 1. The summed E-state index contributed by atoms with van der Waals surface area (Å²) in [6, 6.07) is 25.9. The first-order chi connectivity index (χ1) is 11.7. The SMILES string of the molecule is O=C1c2ccccc2SC(c2ccccc2)N1c1ccc(Br)cc1. The van der Waals surface area contributed by atoms with E-state index in [9.17, 15) is 4.79 Å². The maximum absolute atomic E-state index is 13.2. The van der Waals surface area contributed by atoms with E-state index < -0.39 is 0 Å². The second-order valence-corrected chi connectivity index (χ2v) is 7.57. The number of rotatable bonds is 2. The highest BCUT2D eigenvalue weighted by atomic mass is 79.9. The van der Waals surface area contributed by atoms with Gasteiger partial charge < -0.3 is 0 Å². The molecule has 3 aromatic rings. The molecule has 4 rings (SSSR count). The summed E-state index contributed by atoms with van der Waals surface area (Å²) in [5.74, 6) is 0.0422. The van der Waals surface area contributed by atoms with Gasteiger partial charge in [0.25, 0.3) is 5.91 Å². The maximum atomic E-state index is 13.2. The summed E-state index contributed by atoms with van der Waals surface area (Å²) in [5, 5.41) is -0.0743. The predicted octanol–water partition coefficient (Wildman–Crippen LogP) is 5.90. The second-order valence-electron chi connectivity index (χ2n) is 5.53. The number of benzene rings is 3. The van der Waals surface area contributed by atoms with Gasteiger partial charge in [0.2, 0.25) is 0 Å². The maximum Gasteiger partial charge on any atom is 0.260 e. The largest absolute Gasteiger partial charge is 0.291 e. The van der Waals surface area contributed by atoms with Crippen molar-refractivity contribution in [1.82, 2.24) is 0 Å². The van der Waals surface area contributed by atoms with Gasteiger partial charge in [-0.15, -0.1) is 0 Å². The van der Waals surface area contributed by atoms with E-state index in [0.717, 1.165) is 26.2 Å². The van der Waals surface area contributed by atoms with Gasteiger partial charge in [0.05, 0.1) is 5.56 Å². The highest BCUT2D eigenvalue weighted by molar-refractivity contribution is 9.10. The zero-order valence-electron chi connectivity index (χ0n) is 12.7. The molecule has 4 heteroatoms. The van der Waals surface area contributed by atoms with E-state index in [2.05, 4.69) is 28.1 Å². The number of fused-ring (bicyclic) bond motifs is 1. The third-order valence-corrected chi connectivity index (χ3v) is 5.84. The number of carbonyl (C=O) groups excluding carboxylic acids is 1. The van der Waals surface area contributed by atoms with Crippen molar-refractivity contribution in [2.45, 2.75) is 10.3 Å². The standard InChI is InChI=1S/C20H14BrNOS/c21-15-10-12-16(13-11-15)22-19(23)17-8-4-5-9-18(17)24-20(22)14-6-2-1-3-7-14/h1-13,20H. The van der Waals surface area contributed by atoms with Crippen LogP contribution >= 0.6 is 27.7 Å². The summed E-state index contributed by atoms with van der Waals surface area (Å²) >= 11 is 5.18. The highest BCUT2D eigenvalue weighted by Crippen LogP contribution is 2.46. The normalized spacial score (nSPS) is 16.8. The van der Waals surface area contributed by atoms with Crippen LogP contribution in [-0.4, -0.2) is 5.91 Å². The Hall–Kier alpha value is -2.04. The zero-order valence-corrected chi connectivity index (χ0v) is 15.1. The lowest BCUT2D eigenvalue weighted by Crippen LogP contribution is -2.36. The van der Waals surface area contributed by atoms with E-state index in [1.165, 1.54) is 0 Å². The number of thioether (sulfide) groups is 1. The molecule has 1 unspecified atom stereocenters. The van der Waals surface area contributed by atoms with Gasteiger partial charge in [-0.1, -0.05) is 70.2 Å². The van der Waals surface area contributed by atoms with Crippen molar-refractivity contribution in [3.05, 3.63) is 94.5 Å². The molecule has 0 spiro atoms. The van der Waals surface area contributed by atoms with Gasteiger partial charge in [0, 0.05) is 15.1 Å². The van der Waals surface area contributed by atoms with Crippen LogP contribution in [0.5, 0.6) is 0 Å². The Bertz CT molecular complexity index is 880. The monoisotopic (exact) mass is 395 g/mol. The van der Waals surface area contributed by atoms with Crippen molar-refractivity contribution < 1.29 is 4.79 Å². The van der Waals surface area contributed by atoms with Crippen molar-refractivity contribution in [2.75, 3.05) is 4.90 Å². The van der Waals surface area contributed by atoms with Gasteiger partial charge in [-0.3, -0.25) is 9.69 Å². The molecule has 0 saturated carbocycles. The van der Waals surface area contributed by atoms with E-state index in [4.69, 9.17) is 0 Å². The molecule has 118 valence electrons. The van der Waals surface area contributed by atoms with E-state index in [1.807, 2.05) is 71.6 Å². The molecular formula is C20H14BrNOS. The summed E-state index contributed by atoms with van der Waals surface area (Å²) in [6.45, 7) is 0. The minimum atomic E-state index is -0.0743. The second kappa shape index (κ2) is 6.46. The average molecular weight is 396 g/mol. The van der Waals surface area contributed by atoms with Crippen LogP contribution in [0, 0.1) is 0 Å². The first kappa shape index (κ1) is 15.5. The van der Waals surface area contributed by atoms with E-state index in [1.54, 1.807) is 11.8 Å². The lowest BCUT2D eigenvalue weighted by atomic mass is 10.1. The molecule has 1 amide bonds. The zero-order chi connectivity index (χ0) is 16.5. The average Bonchev–Trinajstić information content (AvgIpc) is 2.63. The summed E-state index contributed by atoms with van der Waals surface area (Å²) in [6.07, 6.45) is 0. The van der Waals surface area contributed by atoms with Gasteiger partial charge in [-0.05, 0) is 42.0 Å². The number of nitrogens with zero attached hydrogens (tertiary/aromatic N) is 1. The summed E-state index contributed by atoms with van der Waals surface area (Å²) in [4.78, 5) is 16.1. The Morgan fingerprint density at radius 2 is 1.50 bits per heavy atom. The summed E-state index contributed by atoms with van der Waals surface area (Å²) < 4.78 is 1.00. The van der Waals surface area contributed by atoms with Crippen LogP contribution in [0.4, 0.5) is 5.69 Å². The molecule has 1 atom stereocenters. The van der Waals surface area contributed by atoms with Crippen molar-refractivity contribution in [3.63, 3.8) is 0 Å². The minimum absolute atomic E-state index is 0.0422. The molecule has 1 aliphatic heterocycles. The van der Waals surface area contributed by atoms with Crippen molar-refractivity contribution in [2.24, 2.45) is 0 Å². The van der Waals surface area contributed by atoms with Crippen LogP contribution in [0.1, 0.15) is 21.3 Å². The van der Waals surface area contributed by atoms with Gasteiger partial charge in [0.1, 0.15) is 5.37 Å². The fourth-order valence-electron chi connectivity index (χ4n) is 2.84. The molecule has 24 heavy (non-hydrogen) atoms. The Kier molecular flexibility index (Phi) is 4.17. The first-order valence-corrected chi connectivity index (χ1v) is 9.31. The molecule has 2 nitrogen and oxygen atoms in total. The van der Waals surface area contributed by atoms with Crippen LogP contribution < -0.4 is 4.90 Å². The summed E-state index contributed by atoms with van der Waals surface area (Å²) in [7, 11) is 0. The van der Waals surface area contributed by atoms with E-state index in [0.29, 0.717) is 0 Å². The predicted molar refractivity (Wildman–Crippen MR) is 102 cm³/mol. The van der Waals surface area contributed by atoms with Crippen molar-refractivity contribution in [3.8, 4) is 0 Å². The molecule has 1 heterocycles. The van der Waals surface area contributed by atoms with Gasteiger partial charge in [-0.2, -0.15) is 0 Å². The van der Waals surface area contributed by atoms with Crippen LogP contribution in [0.2, 0.25) is 0 Å². The highest BCUT2D eigenvalue weighted by Gasteiger charge is 2.34. The molecule has 3 aromatic carbocycles. The third-order valence-electron chi connectivity index (χ3n) is 4.00. The van der Waals surface area contributed by atoms with Crippen LogP contribution in [0.3, 0.4) is 0 Å². The van der Waals surface area contributed by atoms with E-state index >= 15 is 0 Å². The molecule has 0 bridgehead atoms. The molecule has 0 radical (unpaired) electrons. The fraction of sp³-hybridized carbons (Fsp3) is 0.0500. The molecule has 0 saturated heterocycles. The topological polar surface area (TPSA) is 20.3 Å². The number of anilines is 1. The van der Waals surface area contributed by atoms with Crippen LogP contribution in [0.15, 0.2) is 88.2 Å². The Balaban J connectivity index is 1.86. The van der Waals surface area contributed by atoms with Gasteiger partial charge in [-0.25, -0.2) is 0 Å². The lowest BCUT2D eigenvalue weighted by Gasteiger charge is -2.36. The number of hydrogen-bond donors (Lipinski definition) is 0. The molecular weight excluding hydrogens is 382 g/mol. The number of hydrogen-bond acceptors (Lipinski definition) is 2. The summed E-state index contributed by atoms with van der Waals surface area (Å²) in [5.41, 5.74) is 2.78. The van der Waals surface area contributed by atoms with Crippen LogP contribution in [0.25, 0.3) is 0 Å². The Morgan fingerprint density at radius 1 is 0.833 bits per heavy atom. The molecule has 1 aliphatic rings. The number of amides is 1. The quantitative estimate of drug-likeness (QED) is 0.538. The molecule has 0 aromatic heterocycles. The van der Waals surface area contributed by atoms with Crippen molar-refractivity contribution >= 4 is 39.3 Å². The molecule has 0 aliphatic carbocycles. The lowest BCUT2D eigenvalue weighted by molar-refractivity contribution is 0.0979. The Morgan fingerprint density at radius 3 is 2.25 bits per heavy atom. The number of halogens is 1. The smallest absolute Gasteiger partial charge is 0.260 e. The van der Waals surface area contributed by atoms with Gasteiger partial charge >= 0.3 is 0 Å². The fourth-order valence-corrected chi connectivity index (χ4v) is 4.40.